The van der Waals surface area contributed by atoms with Gasteiger partial charge in [0.1, 0.15) is 5.75 Å². The number of hydrogen-bond acceptors (Lipinski definition) is 5. The molecule has 0 fully saturated rings. The molecule has 0 atom stereocenters. The predicted molar refractivity (Wildman–Crippen MR) is 91.9 cm³/mol. The summed E-state index contributed by atoms with van der Waals surface area (Å²) in [6.07, 6.45) is 0. The molecule has 0 aliphatic rings. The zero-order valence-electron chi connectivity index (χ0n) is 15.4. The molecule has 0 heterocycles. The first-order valence-electron chi connectivity index (χ1n) is 7.57. The van der Waals surface area contributed by atoms with Crippen LogP contribution in [-0.2, 0) is 35.6 Å². The second kappa shape index (κ2) is 6.94. The van der Waals surface area contributed by atoms with Gasteiger partial charge in [-0.2, -0.15) is 0 Å². The van der Waals surface area contributed by atoms with E-state index in [1.54, 1.807) is 6.07 Å². The standard InChI is InChI=1S/C17H29O5P/c1-16(2,3)13-10-15(18)14(17(4,5)6)9-12(13)11-22-23(19,20-7)21-8/h9-10,18H,11H2,1-8H3. The lowest BCUT2D eigenvalue weighted by Gasteiger charge is -2.28. The van der Waals surface area contributed by atoms with Crippen LogP contribution in [0.2, 0.25) is 0 Å². The van der Waals surface area contributed by atoms with Crippen molar-refractivity contribution < 1.29 is 23.2 Å². The number of phenols is 1. The van der Waals surface area contributed by atoms with E-state index in [4.69, 9.17) is 13.6 Å². The third-order valence-corrected chi connectivity index (χ3v) is 5.00. The Morgan fingerprint density at radius 2 is 1.43 bits per heavy atom. The summed E-state index contributed by atoms with van der Waals surface area (Å²) in [7, 11) is -0.981. The minimum absolute atomic E-state index is 0.0783. The second-order valence-electron chi connectivity index (χ2n) is 7.61. The van der Waals surface area contributed by atoms with Crippen molar-refractivity contribution in [2.45, 2.75) is 59.0 Å². The van der Waals surface area contributed by atoms with Crippen molar-refractivity contribution >= 4 is 7.82 Å². The maximum absolute atomic E-state index is 12.1. The maximum Gasteiger partial charge on any atom is 0.474 e. The lowest BCUT2D eigenvalue weighted by Crippen LogP contribution is -2.18. The zero-order valence-corrected chi connectivity index (χ0v) is 16.3. The molecule has 0 saturated heterocycles. The highest BCUT2D eigenvalue weighted by molar-refractivity contribution is 7.48. The molecule has 0 unspecified atom stereocenters. The fraction of sp³-hybridized carbons (Fsp3) is 0.647. The molecule has 23 heavy (non-hydrogen) atoms. The third kappa shape index (κ3) is 5.05. The summed E-state index contributed by atoms with van der Waals surface area (Å²) in [5, 5.41) is 10.4. The highest BCUT2D eigenvalue weighted by Crippen LogP contribution is 2.49. The Hall–Kier alpha value is -0.870. The van der Waals surface area contributed by atoms with E-state index in [1.807, 2.05) is 47.6 Å². The summed E-state index contributed by atoms with van der Waals surface area (Å²) in [6, 6.07) is 3.68. The zero-order chi connectivity index (χ0) is 18.1. The van der Waals surface area contributed by atoms with E-state index in [9.17, 15) is 9.67 Å². The number of aromatic hydroxyl groups is 1. The van der Waals surface area contributed by atoms with Crippen molar-refractivity contribution in [3.8, 4) is 5.75 Å². The van der Waals surface area contributed by atoms with Gasteiger partial charge in [0.25, 0.3) is 0 Å². The van der Waals surface area contributed by atoms with Gasteiger partial charge in [0.2, 0.25) is 0 Å². The Balaban J connectivity index is 3.34. The molecule has 0 saturated carbocycles. The van der Waals surface area contributed by atoms with Crippen molar-refractivity contribution in [1.82, 2.24) is 0 Å². The van der Waals surface area contributed by atoms with Crippen LogP contribution in [0.25, 0.3) is 0 Å². The number of phenolic OH excluding ortho intramolecular Hbond substituents is 1. The van der Waals surface area contributed by atoms with Gasteiger partial charge in [0, 0.05) is 14.2 Å². The molecule has 1 aromatic rings. The maximum atomic E-state index is 12.1. The predicted octanol–water partition coefficient (Wildman–Crippen LogP) is 4.90. The van der Waals surface area contributed by atoms with Crippen LogP contribution < -0.4 is 0 Å². The van der Waals surface area contributed by atoms with Gasteiger partial charge in [0.15, 0.2) is 0 Å². The topological polar surface area (TPSA) is 65.0 Å². The molecule has 1 N–H and O–H groups in total. The number of rotatable bonds is 5. The minimum Gasteiger partial charge on any atom is -0.508 e. The molecule has 1 aromatic carbocycles. The van der Waals surface area contributed by atoms with Crippen molar-refractivity contribution in [1.29, 1.82) is 0 Å². The fourth-order valence-corrected chi connectivity index (χ4v) is 3.04. The van der Waals surface area contributed by atoms with Gasteiger partial charge >= 0.3 is 7.82 Å². The van der Waals surface area contributed by atoms with E-state index in [0.717, 1.165) is 16.7 Å². The molecular formula is C17H29O5P. The van der Waals surface area contributed by atoms with E-state index in [1.165, 1.54) is 14.2 Å². The van der Waals surface area contributed by atoms with Crippen molar-refractivity contribution in [2.24, 2.45) is 0 Å². The minimum atomic E-state index is -3.55. The molecule has 6 heteroatoms. The van der Waals surface area contributed by atoms with Crippen LogP contribution in [0, 0.1) is 0 Å². The van der Waals surface area contributed by atoms with Gasteiger partial charge in [-0.05, 0) is 39.7 Å². The molecule has 0 amide bonds. The molecule has 5 nitrogen and oxygen atoms in total. The molecule has 0 aromatic heterocycles. The molecule has 0 spiro atoms. The Bertz CT molecular complexity index is 588. The molecule has 1 rings (SSSR count). The Morgan fingerprint density at radius 1 is 0.957 bits per heavy atom. The Kier molecular flexibility index (Phi) is 6.09. The molecule has 132 valence electrons. The van der Waals surface area contributed by atoms with E-state index < -0.39 is 7.82 Å². The summed E-state index contributed by atoms with van der Waals surface area (Å²) >= 11 is 0. The lowest BCUT2D eigenvalue weighted by atomic mass is 9.79. The van der Waals surface area contributed by atoms with Crippen LogP contribution in [0.15, 0.2) is 12.1 Å². The van der Waals surface area contributed by atoms with Crippen LogP contribution in [0.5, 0.6) is 5.75 Å². The van der Waals surface area contributed by atoms with Gasteiger partial charge in [-0.15, -0.1) is 0 Å². The van der Waals surface area contributed by atoms with Crippen LogP contribution in [0.3, 0.4) is 0 Å². The van der Waals surface area contributed by atoms with Crippen LogP contribution in [0.1, 0.15) is 58.2 Å². The van der Waals surface area contributed by atoms with E-state index in [0.29, 0.717) is 0 Å². The number of phosphoric acid groups is 1. The van der Waals surface area contributed by atoms with Crippen LogP contribution >= 0.6 is 7.82 Å². The summed E-state index contributed by atoms with van der Waals surface area (Å²) in [4.78, 5) is 0. The summed E-state index contributed by atoms with van der Waals surface area (Å²) in [6.45, 7) is 12.3. The highest BCUT2D eigenvalue weighted by Gasteiger charge is 2.28. The normalized spacial score (nSPS) is 13.4. The lowest BCUT2D eigenvalue weighted by molar-refractivity contribution is 0.145. The molecule has 0 aliphatic heterocycles. The van der Waals surface area contributed by atoms with Gasteiger partial charge in [-0.1, -0.05) is 41.5 Å². The van der Waals surface area contributed by atoms with Crippen molar-refractivity contribution in [2.75, 3.05) is 14.2 Å². The molecular weight excluding hydrogens is 315 g/mol. The van der Waals surface area contributed by atoms with Gasteiger partial charge in [-0.25, -0.2) is 4.57 Å². The first kappa shape index (κ1) is 20.2. The average molecular weight is 344 g/mol. The average Bonchev–Trinajstić information content (AvgIpc) is 2.43. The number of hydrogen-bond donors (Lipinski definition) is 1. The van der Waals surface area contributed by atoms with E-state index in [2.05, 4.69) is 0 Å². The number of benzene rings is 1. The van der Waals surface area contributed by atoms with Crippen molar-refractivity contribution in [3.63, 3.8) is 0 Å². The first-order chi connectivity index (χ1) is 10.3. The quantitative estimate of drug-likeness (QED) is 0.769. The van der Waals surface area contributed by atoms with Gasteiger partial charge < -0.3 is 5.11 Å². The van der Waals surface area contributed by atoms with Crippen LogP contribution in [0.4, 0.5) is 0 Å². The molecule has 0 radical (unpaired) electrons. The highest BCUT2D eigenvalue weighted by atomic mass is 31.2. The van der Waals surface area contributed by atoms with Crippen molar-refractivity contribution in [3.05, 3.63) is 28.8 Å². The molecule has 0 bridgehead atoms. The summed E-state index contributed by atoms with van der Waals surface area (Å²) < 4.78 is 27.1. The first-order valence-corrected chi connectivity index (χ1v) is 9.03. The Morgan fingerprint density at radius 3 is 1.83 bits per heavy atom. The molecule has 0 aliphatic carbocycles. The van der Waals surface area contributed by atoms with E-state index >= 15 is 0 Å². The second-order valence-corrected chi connectivity index (χ2v) is 9.50. The SMILES string of the molecule is COP(=O)(OC)OCc1cc(C(C)(C)C)c(O)cc1C(C)(C)C. The smallest absolute Gasteiger partial charge is 0.474 e. The summed E-state index contributed by atoms with van der Waals surface area (Å²) in [5.41, 5.74) is 2.18. The monoisotopic (exact) mass is 344 g/mol. The third-order valence-electron chi connectivity index (χ3n) is 3.66. The summed E-state index contributed by atoms with van der Waals surface area (Å²) in [5.74, 6) is 0.257. The van der Waals surface area contributed by atoms with E-state index in [-0.39, 0.29) is 23.2 Å². The van der Waals surface area contributed by atoms with Gasteiger partial charge in [-0.3, -0.25) is 13.6 Å². The fourth-order valence-electron chi connectivity index (χ4n) is 2.38. The largest absolute Gasteiger partial charge is 0.508 e. The van der Waals surface area contributed by atoms with Crippen LogP contribution in [-0.4, -0.2) is 19.3 Å². The van der Waals surface area contributed by atoms with Gasteiger partial charge in [0.05, 0.1) is 6.61 Å². The number of phosphoric ester groups is 1. The Labute approximate surface area is 139 Å².